The van der Waals surface area contributed by atoms with Crippen molar-refractivity contribution in [2.45, 2.75) is 45.6 Å². The van der Waals surface area contributed by atoms with Crippen LogP contribution in [0.15, 0.2) is 6.33 Å². The molecule has 2 aliphatic heterocycles. The first-order valence-corrected chi connectivity index (χ1v) is 8.27. The van der Waals surface area contributed by atoms with Gasteiger partial charge in [-0.05, 0) is 45.4 Å². The van der Waals surface area contributed by atoms with Crippen LogP contribution in [0.4, 0.5) is 5.82 Å². The van der Waals surface area contributed by atoms with Crippen molar-refractivity contribution in [3.63, 3.8) is 0 Å². The van der Waals surface area contributed by atoms with Crippen LogP contribution >= 0.6 is 0 Å². The van der Waals surface area contributed by atoms with E-state index in [0.29, 0.717) is 17.8 Å². The maximum Gasteiger partial charge on any atom is 0.254 e. The molecule has 1 atom stereocenters. The second-order valence-electron chi connectivity index (χ2n) is 6.49. The lowest BCUT2D eigenvalue weighted by Gasteiger charge is -2.36. The molecular weight excluding hydrogens is 278 g/mol. The van der Waals surface area contributed by atoms with E-state index in [2.05, 4.69) is 26.9 Å². The zero-order valence-corrected chi connectivity index (χ0v) is 13.3. The van der Waals surface area contributed by atoms with Gasteiger partial charge < -0.3 is 9.64 Å². The minimum atomic E-state index is 0.494. The average molecular weight is 301 g/mol. The Balaban J connectivity index is 1.58. The number of hydrogen-bond donors (Lipinski definition) is 0. The first kappa shape index (κ1) is 13.9. The number of fused-ring (bicyclic) bond motifs is 1. The van der Waals surface area contributed by atoms with E-state index in [1.807, 2.05) is 11.4 Å². The molecule has 2 saturated heterocycles. The van der Waals surface area contributed by atoms with Gasteiger partial charge in [0.1, 0.15) is 12.1 Å². The first-order valence-electron chi connectivity index (χ1n) is 8.27. The minimum absolute atomic E-state index is 0.494. The van der Waals surface area contributed by atoms with Crippen molar-refractivity contribution in [3.05, 3.63) is 17.6 Å². The molecule has 0 N–H and O–H groups in total. The molecule has 6 nitrogen and oxygen atoms in total. The standard InChI is InChI=1S/C16H23N5O/c1-11-12(2)19-16-17-10-18-21(16)15(11)20-7-5-13(6-8-20)14-4-3-9-22-14/h10,13-14H,3-9H2,1-2H3. The van der Waals surface area contributed by atoms with Crippen molar-refractivity contribution in [1.29, 1.82) is 0 Å². The Labute approximate surface area is 130 Å². The quantitative estimate of drug-likeness (QED) is 0.850. The number of ether oxygens (including phenoxy) is 1. The van der Waals surface area contributed by atoms with E-state index in [0.717, 1.165) is 31.2 Å². The summed E-state index contributed by atoms with van der Waals surface area (Å²) in [6.07, 6.45) is 6.94. The van der Waals surface area contributed by atoms with Gasteiger partial charge in [0.05, 0.1) is 6.10 Å². The fourth-order valence-electron chi connectivity index (χ4n) is 3.84. The van der Waals surface area contributed by atoms with Crippen LogP contribution in [0.1, 0.15) is 36.9 Å². The Bertz CT molecular complexity index is 668. The number of hydrogen-bond acceptors (Lipinski definition) is 5. The second kappa shape index (κ2) is 5.50. The van der Waals surface area contributed by atoms with Gasteiger partial charge >= 0.3 is 0 Å². The highest BCUT2D eigenvalue weighted by Crippen LogP contribution is 2.32. The van der Waals surface area contributed by atoms with Crippen molar-refractivity contribution >= 4 is 11.6 Å². The Kier molecular flexibility index (Phi) is 3.48. The van der Waals surface area contributed by atoms with Crippen LogP contribution in [-0.2, 0) is 4.74 Å². The van der Waals surface area contributed by atoms with E-state index in [1.54, 1.807) is 6.33 Å². The molecule has 0 aromatic carbocycles. The molecule has 4 heterocycles. The molecule has 0 saturated carbocycles. The maximum absolute atomic E-state index is 5.88. The van der Waals surface area contributed by atoms with Crippen LogP contribution in [0.5, 0.6) is 0 Å². The van der Waals surface area contributed by atoms with Crippen molar-refractivity contribution < 1.29 is 4.74 Å². The summed E-state index contributed by atoms with van der Waals surface area (Å²) in [5.74, 6) is 2.57. The molecule has 0 amide bonds. The Morgan fingerprint density at radius 2 is 2.00 bits per heavy atom. The van der Waals surface area contributed by atoms with E-state index >= 15 is 0 Å². The van der Waals surface area contributed by atoms with Crippen molar-refractivity contribution in [2.24, 2.45) is 5.92 Å². The van der Waals surface area contributed by atoms with Gasteiger partial charge in [-0.3, -0.25) is 0 Å². The molecule has 0 aliphatic carbocycles. The summed E-state index contributed by atoms with van der Waals surface area (Å²) in [7, 11) is 0. The molecule has 0 radical (unpaired) electrons. The molecular formula is C16H23N5O. The maximum atomic E-state index is 5.88. The summed E-state index contributed by atoms with van der Waals surface area (Å²) in [5.41, 5.74) is 2.24. The largest absolute Gasteiger partial charge is 0.378 e. The van der Waals surface area contributed by atoms with Gasteiger partial charge in [-0.15, -0.1) is 0 Å². The Morgan fingerprint density at radius 3 is 2.73 bits per heavy atom. The van der Waals surface area contributed by atoms with Crippen LogP contribution in [0, 0.1) is 19.8 Å². The normalized spacial score (nSPS) is 23.5. The van der Waals surface area contributed by atoms with Crippen molar-refractivity contribution in [1.82, 2.24) is 19.6 Å². The molecule has 2 fully saturated rings. The van der Waals surface area contributed by atoms with Gasteiger partial charge in [-0.25, -0.2) is 4.98 Å². The first-order chi connectivity index (χ1) is 10.7. The van der Waals surface area contributed by atoms with E-state index in [4.69, 9.17) is 4.74 Å². The molecule has 4 rings (SSSR count). The lowest BCUT2D eigenvalue weighted by Crippen LogP contribution is -2.39. The Hall–Kier alpha value is -1.69. The van der Waals surface area contributed by atoms with Gasteiger partial charge in [0.2, 0.25) is 0 Å². The zero-order chi connectivity index (χ0) is 15.1. The van der Waals surface area contributed by atoms with E-state index < -0.39 is 0 Å². The number of anilines is 1. The lowest BCUT2D eigenvalue weighted by molar-refractivity contribution is 0.0530. The van der Waals surface area contributed by atoms with Gasteiger partial charge in [0.25, 0.3) is 5.78 Å². The van der Waals surface area contributed by atoms with Gasteiger partial charge in [0.15, 0.2) is 0 Å². The van der Waals surface area contributed by atoms with Gasteiger partial charge in [0, 0.05) is 31.0 Å². The predicted octanol–water partition coefficient (Wildman–Crippen LogP) is 2.14. The number of aromatic nitrogens is 4. The highest BCUT2D eigenvalue weighted by atomic mass is 16.5. The highest BCUT2D eigenvalue weighted by Gasteiger charge is 2.30. The number of aryl methyl sites for hydroxylation is 1. The molecule has 22 heavy (non-hydrogen) atoms. The molecule has 2 aromatic rings. The molecule has 2 aromatic heterocycles. The van der Waals surface area contributed by atoms with Crippen LogP contribution in [-0.4, -0.2) is 45.4 Å². The third-order valence-corrected chi connectivity index (χ3v) is 5.21. The van der Waals surface area contributed by atoms with Gasteiger partial charge in [-0.1, -0.05) is 0 Å². The molecule has 6 heteroatoms. The summed E-state index contributed by atoms with van der Waals surface area (Å²) in [6.45, 7) is 7.25. The third-order valence-electron chi connectivity index (χ3n) is 5.21. The van der Waals surface area contributed by atoms with E-state index in [-0.39, 0.29) is 0 Å². The Morgan fingerprint density at radius 1 is 1.18 bits per heavy atom. The predicted molar refractivity (Wildman–Crippen MR) is 84.2 cm³/mol. The highest BCUT2D eigenvalue weighted by molar-refractivity contribution is 5.54. The third kappa shape index (κ3) is 2.26. The van der Waals surface area contributed by atoms with E-state index in [1.165, 1.54) is 31.2 Å². The molecule has 0 spiro atoms. The SMILES string of the molecule is Cc1nc2ncnn2c(N2CCC(C3CCCO3)CC2)c1C. The summed E-state index contributed by atoms with van der Waals surface area (Å²) in [5, 5.41) is 4.37. The van der Waals surface area contributed by atoms with Crippen LogP contribution < -0.4 is 4.90 Å². The average Bonchev–Trinajstić information content (AvgIpc) is 3.20. The summed E-state index contributed by atoms with van der Waals surface area (Å²) in [4.78, 5) is 11.2. The van der Waals surface area contributed by atoms with Crippen molar-refractivity contribution in [2.75, 3.05) is 24.6 Å². The fraction of sp³-hybridized carbons (Fsp3) is 0.688. The number of nitrogens with zero attached hydrogens (tertiary/aromatic N) is 5. The van der Waals surface area contributed by atoms with Gasteiger partial charge in [-0.2, -0.15) is 14.6 Å². The lowest BCUT2D eigenvalue weighted by atomic mass is 9.89. The minimum Gasteiger partial charge on any atom is -0.378 e. The number of piperidine rings is 1. The second-order valence-corrected chi connectivity index (χ2v) is 6.49. The summed E-state index contributed by atoms with van der Waals surface area (Å²) < 4.78 is 7.76. The smallest absolute Gasteiger partial charge is 0.254 e. The molecule has 118 valence electrons. The van der Waals surface area contributed by atoms with E-state index in [9.17, 15) is 0 Å². The number of rotatable bonds is 2. The van der Waals surface area contributed by atoms with Crippen molar-refractivity contribution in [3.8, 4) is 0 Å². The van der Waals surface area contributed by atoms with Crippen LogP contribution in [0.25, 0.3) is 5.78 Å². The fourth-order valence-corrected chi connectivity index (χ4v) is 3.84. The van der Waals surface area contributed by atoms with Crippen LogP contribution in [0.3, 0.4) is 0 Å². The molecule has 2 aliphatic rings. The zero-order valence-electron chi connectivity index (χ0n) is 13.3. The monoisotopic (exact) mass is 301 g/mol. The van der Waals surface area contributed by atoms with Crippen LogP contribution in [0.2, 0.25) is 0 Å². The molecule has 0 bridgehead atoms. The topological polar surface area (TPSA) is 55.5 Å². The summed E-state index contributed by atoms with van der Waals surface area (Å²) >= 11 is 0. The summed E-state index contributed by atoms with van der Waals surface area (Å²) in [6, 6.07) is 0. The molecule has 1 unspecified atom stereocenters.